The second-order valence-corrected chi connectivity index (χ2v) is 2.71. The summed E-state index contributed by atoms with van der Waals surface area (Å²) in [6, 6.07) is 1.13. The van der Waals surface area contributed by atoms with Gasteiger partial charge >= 0.3 is 0 Å². The highest BCUT2D eigenvalue weighted by atomic mass is 35.5. The van der Waals surface area contributed by atoms with E-state index in [9.17, 15) is 8.78 Å². The van der Waals surface area contributed by atoms with E-state index in [-0.39, 0.29) is 16.5 Å². The van der Waals surface area contributed by atoms with Crippen LogP contribution in [0.2, 0.25) is 5.15 Å². The van der Waals surface area contributed by atoms with Crippen molar-refractivity contribution in [2.75, 3.05) is 5.73 Å². The minimum atomic E-state index is -2.63. The second kappa shape index (κ2) is 3.23. The van der Waals surface area contributed by atoms with Crippen molar-refractivity contribution in [2.45, 2.75) is 13.3 Å². The van der Waals surface area contributed by atoms with Crippen LogP contribution in [0, 0.1) is 6.92 Å². The number of nitrogens with two attached hydrogens (primary N) is 1. The van der Waals surface area contributed by atoms with Crippen molar-refractivity contribution in [2.24, 2.45) is 0 Å². The van der Waals surface area contributed by atoms with Gasteiger partial charge in [0.25, 0.3) is 6.43 Å². The maximum atomic E-state index is 12.1. The van der Waals surface area contributed by atoms with Gasteiger partial charge in [-0.2, -0.15) is 0 Å². The molecule has 0 spiro atoms. The highest BCUT2D eigenvalue weighted by Crippen LogP contribution is 2.25. The van der Waals surface area contributed by atoms with Crippen molar-refractivity contribution in [1.82, 2.24) is 4.98 Å². The molecule has 0 aliphatic carbocycles. The van der Waals surface area contributed by atoms with E-state index in [1.807, 2.05) is 0 Å². The largest absolute Gasteiger partial charge is 0.398 e. The Balaban J connectivity index is 3.21. The summed E-state index contributed by atoms with van der Waals surface area (Å²) >= 11 is 5.54. The number of halogens is 3. The minimum absolute atomic E-state index is 0.0327. The third-order valence-electron chi connectivity index (χ3n) is 1.50. The van der Waals surface area contributed by atoms with Crippen LogP contribution >= 0.6 is 11.6 Å². The Hall–Kier alpha value is -0.900. The minimum Gasteiger partial charge on any atom is -0.398 e. The van der Waals surface area contributed by atoms with Crippen LogP contribution in [-0.4, -0.2) is 4.98 Å². The van der Waals surface area contributed by atoms with Crippen molar-refractivity contribution in [1.29, 1.82) is 0 Å². The molecule has 0 aromatic carbocycles. The summed E-state index contributed by atoms with van der Waals surface area (Å²) < 4.78 is 24.2. The van der Waals surface area contributed by atoms with Gasteiger partial charge in [0.1, 0.15) is 10.8 Å². The predicted molar refractivity (Wildman–Crippen MR) is 43.4 cm³/mol. The van der Waals surface area contributed by atoms with E-state index in [2.05, 4.69) is 4.98 Å². The number of hydrogen-bond acceptors (Lipinski definition) is 2. The molecule has 1 rings (SSSR count). The molecule has 66 valence electrons. The first-order valence-corrected chi connectivity index (χ1v) is 3.61. The number of anilines is 1. The highest BCUT2D eigenvalue weighted by molar-refractivity contribution is 6.30. The molecule has 0 radical (unpaired) electrons. The smallest absolute Gasteiger partial charge is 0.280 e. The lowest BCUT2D eigenvalue weighted by molar-refractivity contribution is 0.146. The average molecular weight is 193 g/mol. The van der Waals surface area contributed by atoms with Gasteiger partial charge in [0.15, 0.2) is 0 Å². The molecular weight excluding hydrogens is 186 g/mol. The third kappa shape index (κ3) is 1.64. The van der Waals surface area contributed by atoms with Crippen LogP contribution in [-0.2, 0) is 0 Å². The second-order valence-electron chi connectivity index (χ2n) is 2.35. The molecule has 5 heteroatoms. The van der Waals surface area contributed by atoms with Crippen molar-refractivity contribution in [3.05, 3.63) is 22.5 Å². The molecule has 0 saturated heterocycles. The molecule has 0 saturated carbocycles. The molecular formula is C7H7ClF2N2. The van der Waals surface area contributed by atoms with E-state index in [4.69, 9.17) is 17.3 Å². The van der Waals surface area contributed by atoms with Gasteiger partial charge in [0.2, 0.25) is 0 Å². The van der Waals surface area contributed by atoms with E-state index < -0.39 is 6.43 Å². The van der Waals surface area contributed by atoms with Gasteiger partial charge in [-0.1, -0.05) is 11.6 Å². The summed E-state index contributed by atoms with van der Waals surface area (Å²) in [6.45, 7) is 1.62. The van der Waals surface area contributed by atoms with Crippen LogP contribution in [0.4, 0.5) is 14.5 Å². The Kier molecular flexibility index (Phi) is 2.47. The Bertz CT molecular complexity index is 278. The SMILES string of the molecule is Cc1c(N)cc(C(F)F)nc1Cl. The van der Waals surface area contributed by atoms with E-state index >= 15 is 0 Å². The Morgan fingerprint density at radius 2 is 2.17 bits per heavy atom. The average Bonchev–Trinajstić information content (AvgIpc) is 1.99. The fraction of sp³-hybridized carbons (Fsp3) is 0.286. The summed E-state index contributed by atoms with van der Waals surface area (Å²) in [5.74, 6) is 0. The van der Waals surface area contributed by atoms with Crippen LogP contribution in [0.3, 0.4) is 0 Å². The summed E-state index contributed by atoms with van der Waals surface area (Å²) in [7, 11) is 0. The molecule has 1 aromatic rings. The first kappa shape index (κ1) is 9.19. The molecule has 0 aliphatic rings. The van der Waals surface area contributed by atoms with Crippen LogP contribution in [0.1, 0.15) is 17.7 Å². The molecule has 0 unspecified atom stereocenters. The zero-order valence-electron chi connectivity index (χ0n) is 6.31. The van der Waals surface area contributed by atoms with E-state index in [0.29, 0.717) is 5.56 Å². The van der Waals surface area contributed by atoms with Crippen molar-refractivity contribution in [3.63, 3.8) is 0 Å². The van der Waals surface area contributed by atoms with Gasteiger partial charge in [0, 0.05) is 11.3 Å². The molecule has 0 aliphatic heterocycles. The van der Waals surface area contributed by atoms with Gasteiger partial charge in [0.05, 0.1) is 0 Å². The molecule has 0 amide bonds. The van der Waals surface area contributed by atoms with Crippen molar-refractivity contribution < 1.29 is 8.78 Å². The lowest BCUT2D eigenvalue weighted by Gasteiger charge is -2.04. The highest BCUT2D eigenvalue weighted by Gasteiger charge is 2.12. The first-order chi connectivity index (χ1) is 5.52. The topological polar surface area (TPSA) is 38.9 Å². The van der Waals surface area contributed by atoms with Crippen LogP contribution in [0.5, 0.6) is 0 Å². The molecule has 1 aromatic heterocycles. The van der Waals surface area contributed by atoms with Crippen molar-refractivity contribution in [3.8, 4) is 0 Å². The molecule has 2 nitrogen and oxygen atoms in total. The Morgan fingerprint density at radius 1 is 1.58 bits per heavy atom. The van der Waals surface area contributed by atoms with Gasteiger partial charge in [-0.25, -0.2) is 13.8 Å². The van der Waals surface area contributed by atoms with E-state index in [1.54, 1.807) is 6.92 Å². The molecule has 0 fully saturated rings. The quantitative estimate of drug-likeness (QED) is 0.695. The molecule has 2 N–H and O–H groups in total. The number of alkyl halides is 2. The summed E-state index contributed by atoms with van der Waals surface area (Å²) in [5, 5.41) is 0.0327. The van der Waals surface area contributed by atoms with Gasteiger partial charge in [-0.15, -0.1) is 0 Å². The van der Waals surface area contributed by atoms with E-state index in [1.165, 1.54) is 0 Å². The van der Waals surface area contributed by atoms with Crippen LogP contribution in [0.15, 0.2) is 6.07 Å². The number of hydrogen-bond donors (Lipinski definition) is 1. The summed E-state index contributed by atoms with van der Waals surface area (Å²) in [6.07, 6.45) is -2.63. The maximum absolute atomic E-state index is 12.1. The lowest BCUT2D eigenvalue weighted by Crippen LogP contribution is -1.98. The Labute approximate surface area is 73.4 Å². The molecule has 12 heavy (non-hydrogen) atoms. The summed E-state index contributed by atoms with van der Waals surface area (Å²) in [4.78, 5) is 3.47. The third-order valence-corrected chi connectivity index (χ3v) is 1.86. The number of nitrogens with zero attached hydrogens (tertiary/aromatic N) is 1. The summed E-state index contributed by atoms with van der Waals surface area (Å²) in [5.41, 5.74) is 5.79. The number of aromatic nitrogens is 1. The first-order valence-electron chi connectivity index (χ1n) is 3.23. The monoisotopic (exact) mass is 192 g/mol. The maximum Gasteiger partial charge on any atom is 0.280 e. The number of pyridine rings is 1. The lowest BCUT2D eigenvalue weighted by atomic mass is 10.2. The zero-order valence-corrected chi connectivity index (χ0v) is 7.07. The Morgan fingerprint density at radius 3 is 2.58 bits per heavy atom. The van der Waals surface area contributed by atoms with E-state index in [0.717, 1.165) is 6.07 Å². The molecule has 1 heterocycles. The normalized spacial score (nSPS) is 10.8. The van der Waals surface area contributed by atoms with Gasteiger partial charge < -0.3 is 5.73 Å². The van der Waals surface area contributed by atoms with Crippen LogP contribution < -0.4 is 5.73 Å². The standard InChI is InChI=1S/C7H7ClF2N2/c1-3-4(11)2-5(7(9)10)12-6(3)8/h2,7H,1H3,(H2,11,12). The van der Waals surface area contributed by atoms with Crippen molar-refractivity contribution >= 4 is 17.3 Å². The van der Waals surface area contributed by atoms with Gasteiger partial charge in [-0.3, -0.25) is 0 Å². The predicted octanol–water partition coefficient (Wildman–Crippen LogP) is 2.56. The molecule has 0 bridgehead atoms. The van der Waals surface area contributed by atoms with Crippen LogP contribution in [0.25, 0.3) is 0 Å². The molecule has 0 atom stereocenters. The number of rotatable bonds is 1. The number of nitrogen functional groups attached to an aromatic ring is 1. The zero-order chi connectivity index (χ0) is 9.30. The fourth-order valence-corrected chi connectivity index (χ4v) is 0.935. The van der Waals surface area contributed by atoms with Gasteiger partial charge in [-0.05, 0) is 13.0 Å². The fourth-order valence-electron chi connectivity index (χ4n) is 0.728.